The van der Waals surface area contributed by atoms with Gasteiger partial charge in [0.05, 0.1) is 22.6 Å². The molecule has 30 heavy (non-hydrogen) atoms. The van der Waals surface area contributed by atoms with Crippen molar-refractivity contribution in [3.63, 3.8) is 0 Å². The highest BCUT2D eigenvalue weighted by Gasteiger charge is 2.20. The van der Waals surface area contributed by atoms with Crippen LogP contribution in [-0.4, -0.2) is 31.2 Å². The molecule has 1 aromatic heterocycles. The van der Waals surface area contributed by atoms with E-state index in [2.05, 4.69) is 10.4 Å². The van der Waals surface area contributed by atoms with E-state index in [0.717, 1.165) is 11.4 Å². The van der Waals surface area contributed by atoms with E-state index in [9.17, 15) is 13.2 Å². The van der Waals surface area contributed by atoms with Gasteiger partial charge in [0.2, 0.25) is 15.7 Å². The fourth-order valence-electron chi connectivity index (χ4n) is 3.00. The van der Waals surface area contributed by atoms with Crippen LogP contribution in [0.2, 0.25) is 5.02 Å². The fraction of sp³-hybridized carbons (Fsp3) is 0.238. The molecule has 1 N–H and O–H groups in total. The predicted octanol–water partition coefficient (Wildman–Crippen LogP) is 4.02. The minimum Gasteiger partial charge on any atom is -0.497 e. The zero-order chi connectivity index (χ0) is 21.9. The van der Waals surface area contributed by atoms with E-state index in [0.29, 0.717) is 23.0 Å². The summed E-state index contributed by atoms with van der Waals surface area (Å²) >= 11 is 5.85. The van der Waals surface area contributed by atoms with Crippen molar-refractivity contribution in [1.82, 2.24) is 9.78 Å². The van der Waals surface area contributed by atoms with Gasteiger partial charge in [0.15, 0.2) is 0 Å². The number of halogens is 1. The van der Waals surface area contributed by atoms with E-state index in [4.69, 9.17) is 16.3 Å². The first-order chi connectivity index (χ1) is 14.2. The van der Waals surface area contributed by atoms with Gasteiger partial charge in [0, 0.05) is 35.4 Å². The lowest BCUT2D eigenvalue weighted by Gasteiger charge is -2.12. The smallest absolute Gasteiger partial charge is 0.226 e. The Balaban J connectivity index is 1.81. The highest BCUT2D eigenvalue weighted by molar-refractivity contribution is 7.91. The summed E-state index contributed by atoms with van der Waals surface area (Å²) in [6.45, 7) is 4.24. The van der Waals surface area contributed by atoms with Crippen molar-refractivity contribution in [2.24, 2.45) is 0 Å². The number of hydrogen-bond donors (Lipinski definition) is 1. The zero-order valence-corrected chi connectivity index (χ0v) is 18.4. The second-order valence-electron chi connectivity index (χ2n) is 6.80. The number of hydrogen-bond acceptors (Lipinski definition) is 5. The Morgan fingerprint density at radius 3 is 2.40 bits per heavy atom. The maximum atomic E-state index is 13.0. The summed E-state index contributed by atoms with van der Waals surface area (Å²) in [6.07, 6.45) is 0.193. The van der Waals surface area contributed by atoms with E-state index in [1.807, 2.05) is 19.9 Å². The van der Waals surface area contributed by atoms with Crippen molar-refractivity contribution in [2.45, 2.75) is 36.6 Å². The Labute approximate surface area is 180 Å². The van der Waals surface area contributed by atoms with Gasteiger partial charge >= 0.3 is 0 Å². The number of nitrogens with zero attached hydrogens (tertiary/aromatic N) is 2. The Morgan fingerprint density at radius 2 is 1.80 bits per heavy atom. The number of aromatic nitrogens is 2. The first-order valence-electron chi connectivity index (χ1n) is 9.19. The molecule has 3 aromatic rings. The lowest BCUT2D eigenvalue weighted by molar-refractivity contribution is -0.116. The molecule has 0 spiro atoms. The molecule has 0 radical (unpaired) electrons. The van der Waals surface area contributed by atoms with Crippen molar-refractivity contribution < 1.29 is 17.9 Å². The van der Waals surface area contributed by atoms with Gasteiger partial charge in [0.25, 0.3) is 0 Å². The molecule has 2 aromatic carbocycles. The normalized spacial score (nSPS) is 11.3. The van der Waals surface area contributed by atoms with Gasteiger partial charge in [-0.05, 0) is 56.3 Å². The Bertz CT molecular complexity index is 1170. The number of ether oxygens (including phenoxy) is 1. The molecule has 0 bridgehead atoms. The Kier molecular flexibility index (Phi) is 6.48. The van der Waals surface area contributed by atoms with Crippen LogP contribution >= 0.6 is 11.6 Å². The highest BCUT2D eigenvalue weighted by atomic mass is 35.5. The first kappa shape index (κ1) is 21.9. The average Bonchev–Trinajstić information content (AvgIpc) is 3.03. The number of methoxy groups -OCH3 is 1. The van der Waals surface area contributed by atoms with Gasteiger partial charge in [-0.3, -0.25) is 9.48 Å². The third kappa shape index (κ3) is 5.01. The van der Waals surface area contributed by atoms with E-state index < -0.39 is 9.84 Å². The van der Waals surface area contributed by atoms with Gasteiger partial charge < -0.3 is 10.1 Å². The van der Waals surface area contributed by atoms with E-state index in [-0.39, 0.29) is 22.1 Å². The molecule has 0 fully saturated rings. The third-order valence-corrected chi connectivity index (χ3v) is 6.49. The molecule has 0 aliphatic heterocycles. The maximum absolute atomic E-state index is 13.0. The summed E-state index contributed by atoms with van der Waals surface area (Å²) < 4.78 is 32.9. The van der Waals surface area contributed by atoms with Gasteiger partial charge in [-0.1, -0.05) is 11.6 Å². The van der Waals surface area contributed by atoms with Gasteiger partial charge in [0.1, 0.15) is 5.75 Å². The van der Waals surface area contributed by atoms with Crippen LogP contribution in [0.25, 0.3) is 0 Å². The quantitative estimate of drug-likeness (QED) is 0.590. The molecule has 0 aliphatic carbocycles. The van der Waals surface area contributed by atoms with E-state index >= 15 is 0 Å². The number of aryl methyl sites for hydroxylation is 3. The number of amides is 1. The Morgan fingerprint density at radius 1 is 1.10 bits per heavy atom. The van der Waals surface area contributed by atoms with E-state index in [1.165, 1.54) is 43.5 Å². The highest BCUT2D eigenvalue weighted by Crippen LogP contribution is 2.29. The third-order valence-electron chi connectivity index (χ3n) is 4.49. The van der Waals surface area contributed by atoms with Crippen molar-refractivity contribution >= 4 is 33.0 Å². The van der Waals surface area contributed by atoms with Crippen LogP contribution in [0.5, 0.6) is 5.75 Å². The SMILES string of the molecule is COc1cc(NC(=O)CCn2nc(C)cc2C)cc(S(=O)(=O)c2ccc(Cl)cc2)c1. The lowest BCUT2D eigenvalue weighted by Crippen LogP contribution is -2.16. The standard InChI is InChI=1S/C21H22ClN3O4S/c1-14-10-15(2)25(24-14)9-8-21(26)23-17-11-18(29-3)13-20(12-17)30(27,28)19-6-4-16(22)5-7-19/h4-7,10-13H,8-9H2,1-3H3,(H,23,26). The van der Waals surface area contributed by atoms with Crippen LogP contribution < -0.4 is 10.1 Å². The number of nitrogens with one attached hydrogen (secondary N) is 1. The molecule has 0 unspecified atom stereocenters. The summed E-state index contributed by atoms with van der Waals surface area (Å²) in [7, 11) is -2.38. The largest absolute Gasteiger partial charge is 0.497 e. The minimum atomic E-state index is -3.81. The minimum absolute atomic E-state index is 0.0121. The lowest BCUT2D eigenvalue weighted by atomic mass is 10.3. The molecular weight excluding hydrogens is 426 g/mol. The van der Waals surface area contributed by atoms with Crippen molar-refractivity contribution in [1.29, 1.82) is 0 Å². The van der Waals surface area contributed by atoms with Crippen LogP contribution in [0.4, 0.5) is 5.69 Å². The summed E-state index contributed by atoms with van der Waals surface area (Å²) in [6, 6.07) is 12.2. The van der Waals surface area contributed by atoms with Gasteiger partial charge in [-0.25, -0.2) is 8.42 Å². The summed E-state index contributed by atoms with van der Waals surface area (Å²) in [5, 5.41) is 7.51. The first-order valence-corrected chi connectivity index (χ1v) is 11.1. The number of sulfone groups is 1. The molecule has 0 aliphatic rings. The van der Waals surface area contributed by atoms with Crippen molar-refractivity contribution in [2.75, 3.05) is 12.4 Å². The molecular formula is C21H22ClN3O4S. The molecule has 1 heterocycles. The second kappa shape index (κ2) is 8.89. The van der Waals surface area contributed by atoms with Crippen LogP contribution in [0.3, 0.4) is 0 Å². The van der Waals surface area contributed by atoms with Crippen LogP contribution in [0, 0.1) is 13.8 Å². The Hall–Kier alpha value is -2.84. The summed E-state index contributed by atoms with van der Waals surface area (Å²) in [4.78, 5) is 12.5. The molecule has 1 amide bonds. The van der Waals surface area contributed by atoms with Crippen molar-refractivity contribution in [3.05, 3.63) is 64.9 Å². The summed E-state index contributed by atoms with van der Waals surface area (Å²) in [5.74, 6) is 0.0598. The van der Waals surface area contributed by atoms with Crippen molar-refractivity contribution in [3.8, 4) is 5.75 Å². The predicted molar refractivity (Wildman–Crippen MR) is 115 cm³/mol. The van der Waals surface area contributed by atoms with Gasteiger partial charge in [-0.2, -0.15) is 5.10 Å². The van der Waals surface area contributed by atoms with Crippen LogP contribution in [-0.2, 0) is 21.2 Å². The van der Waals surface area contributed by atoms with E-state index in [1.54, 1.807) is 10.7 Å². The second-order valence-corrected chi connectivity index (χ2v) is 9.19. The average molecular weight is 448 g/mol. The number of carbonyl (C=O) groups excluding carboxylic acids is 1. The van der Waals surface area contributed by atoms with Gasteiger partial charge in [-0.15, -0.1) is 0 Å². The topological polar surface area (TPSA) is 90.3 Å². The molecule has 158 valence electrons. The number of benzene rings is 2. The molecule has 3 rings (SSSR count). The molecule has 0 saturated carbocycles. The number of rotatable bonds is 7. The summed E-state index contributed by atoms with van der Waals surface area (Å²) in [5.41, 5.74) is 2.19. The molecule has 7 nitrogen and oxygen atoms in total. The molecule has 0 saturated heterocycles. The zero-order valence-electron chi connectivity index (χ0n) is 16.8. The van der Waals surface area contributed by atoms with Crippen LogP contribution in [0.1, 0.15) is 17.8 Å². The monoisotopic (exact) mass is 447 g/mol. The molecule has 9 heteroatoms. The molecule has 0 atom stereocenters. The fourth-order valence-corrected chi connectivity index (χ4v) is 4.44. The maximum Gasteiger partial charge on any atom is 0.226 e. The van der Waals surface area contributed by atoms with Crippen LogP contribution in [0.15, 0.2) is 58.3 Å². The number of carbonyl (C=O) groups is 1. The number of anilines is 1.